The van der Waals surface area contributed by atoms with E-state index in [1.54, 1.807) is 12.1 Å². The Balaban J connectivity index is 2.15. The Morgan fingerprint density at radius 1 is 1.06 bits per heavy atom. The van der Waals surface area contributed by atoms with E-state index in [4.69, 9.17) is 4.74 Å². The molecule has 0 aromatic heterocycles. The Morgan fingerprint density at radius 2 is 1.82 bits per heavy atom. The van der Waals surface area contributed by atoms with Crippen molar-refractivity contribution in [1.82, 2.24) is 0 Å². The third-order valence-corrected chi connectivity index (χ3v) is 2.86. The standard InChI is InChI=1S/C13H9NO3/c15-14(16)11-5-3-7-13-10(11)8-9-4-1-2-6-12(9)17-13/h1-7H,8H2. The fourth-order valence-electron chi connectivity index (χ4n) is 2.06. The van der Waals surface area contributed by atoms with Crippen LogP contribution in [0.1, 0.15) is 11.1 Å². The van der Waals surface area contributed by atoms with Crippen molar-refractivity contribution in [2.45, 2.75) is 6.42 Å². The van der Waals surface area contributed by atoms with Crippen molar-refractivity contribution in [3.63, 3.8) is 0 Å². The van der Waals surface area contributed by atoms with E-state index in [0.29, 0.717) is 17.7 Å². The summed E-state index contributed by atoms with van der Waals surface area (Å²) in [6.07, 6.45) is 0.544. The second-order valence-corrected chi connectivity index (χ2v) is 3.90. The molecule has 0 bridgehead atoms. The van der Waals surface area contributed by atoms with Crippen LogP contribution in [0.3, 0.4) is 0 Å². The molecule has 17 heavy (non-hydrogen) atoms. The van der Waals surface area contributed by atoms with E-state index < -0.39 is 0 Å². The van der Waals surface area contributed by atoms with Crippen molar-refractivity contribution in [2.75, 3.05) is 0 Å². The normalized spacial score (nSPS) is 12.2. The topological polar surface area (TPSA) is 52.4 Å². The van der Waals surface area contributed by atoms with E-state index in [1.807, 2.05) is 24.3 Å². The van der Waals surface area contributed by atoms with Crippen LogP contribution in [0.25, 0.3) is 0 Å². The molecular formula is C13H9NO3. The maximum atomic E-state index is 10.9. The summed E-state index contributed by atoms with van der Waals surface area (Å²) in [6.45, 7) is 0. The molecule has 4 nitrogen and oxygen atoms in total. The maximum Gasteiger partial charge on any atom is 0.276 e. The second kappa shape index (κ2) is 3.59. The minimum atomic E-state index is -0.365. The van der Waals surface area contributed by atoms with Gasteiger partial charge in [0.25, 0.3) is 5.69 Å². The second-order valence-electron chi connectivity index (χ2n) is 3.90. The molecule has 2 aromatic rings. The number of hydrogen-bond donors (Lipinski definition) is 0. The van der Waals surface area contributed by atoms with Crippen LogP contribution in [-0.2, 0) is 6.42 Å². The van der Waals surface area contributed by atoms with Gasteiger partial charge in [0.2, 0.25) is 0 Å². The van der Waals surface area contributed by atoms with Gasteiger partial charge in [-0.25, -0.2) is 0 Å². The van der Waals surface area contributed by atoms with Gasteiger partial charge in [0, 0.05) is 12.5 Å². The number of nitrogens with zero attached hydrogens (tertiary/aromatic N) is 1. The smallest absolute Gasteiger partial charge is 0.276 e. The van der Waals surface area contributed by atoms with Crippen LogP contribution in [-0.4, -0.2) is 4.92 Å². The largest absolute Gasteiger partial charge is 0.457 e. The van der Waals surface area contributed by atoms with Gasteiger partial charge in [-0.2, -0.15) is 0 Å². The van der Waals surface area contributed by atoms with E-state index in [2.05, 4.69) is 0 Å². The summed E-state index contributed by atoms with van der Waals surface area (Å²) in [5.74, 6) is 1.36. The number of nitro groups is 1. The predicted octanol–water partition coefficient (Wildman–Crippen LogP) is 3.29. The predicted molar refractivity (Wildman–Crippen MR) is 62.4 cm³/mol. The summed E-state index contributed by atoms with van der Waals surface area (Å²) >= 11 is 0. The van der Waals surface area contributed by atoms with Crippen molar-refractivity contribution in [1.29, 1.82) is 0 Å². The molecule has 0 saturated heterocycles. The lowest BCUT2D eigenvalue weighted by molar-refractivity contribution is -0.385. The fraction of sp³-hybridized carbons (Fsp3) is 0.0769. The van der Waals surface area contributed by atoms with Crippen LogP contribution >= 0.6 is 0 Å². The van der Waals surface area contributed by atoms with E-state index >= 15 is 0 Å². The number of benzene rings is 2. The van der Waals surface area contributed by atoms with E-state index in [-0.39, 0.29) is 10.6 Å². The van der Waals surface area contributed by atoms with Crippen LogP contribution in [0, 0.1) is 10.1 Å². The van der Waals surface area contributed by atoms with Crippen molar-refractivity contribution < 1.29 is 9.66 Å². The molecule has 0 atom stereocenters. The van der Waals surface area contributed by atoms with Crippen LogP contribution in [0.2, 0.25) is 0 Å². The number of rotatable bonds is 1. The molecular weight excluding hydrogens is 218 g/mol. The highest BCUT2D eigenvalue weighted by molar-refractivity contribution is 5.57. The minimum Gasteiger partial charge on any atom is -0.457 e. The van der Waals surface area contributed by atoms with Crippen LogP contribution < -0.4 is 4.74 Å². The quantitative estimate of drug-likeness (QED) is 0.473. The Bertz CT molecular complexity index is 607. The third-order valence-electron chi connectivity index (χ3n) is 2.86. The van der Waals surface area contributed by atoms with Gasteiger partial charge in [0.1, 0.15) is 11.5 Å². The van der Waals surface area contributed by atoms with Crippen molar-refractivity contribution in [2.24, 2.45) is 0 Å². The first kappa shape index (κ1) is 9.84. The molecule has 0 spiro atoms. The van der Waals surface area contributed by atoms with Crippen LogP contribution in [0.15, 0.2) is 42.5 Å². The van der Waals surface area contributed by atoms with E-state index in [0.717, 1.165) is 11.3 Å². The first-order valence-electron chi connectivity index (χ1n) is 5.28. The molecule has 0 unspecified atom stereocenters. The van der Waals surface area contributed by atoms with E-state index in [1.165, 1.54) is 6.07 Å². The molecule has 1 heterocycles. The SMILES string of the molecule is O=[N+]([O-])c1cccc2c1Cc1ccccc1O2. The van der Waals surface area contributed by atoms with Crippen LogP contribution in [0.4, 0.5) is 5.69 Å². The molecule has 0 saturated carbocycles. The van der Waals surface area contributed by atoms with Gasteiger partial charge in [-0.15, -0.1) is 0 Å². The van der Waals surface area contributed by atoms with Crippen molar-refractivity contribution >= 4 is 5.69 Å². The average Bonchev–Trinajstić information content (AvgIpc) is 2.35. The van der Waals surface area contributed by atoms with Crippen molar-refractivity contribution in [3.8, 4) is 11.5 Å². The molecule has 0 fully saturated rings. The molecule has 0 N–H and O–H groups in total. The summed E-state index contributed by atoms with van der Waals surface area (Å²) in [5.41, 5.74) is 1.75. The summed E-state index contributed by atoms with van der Waals surface area (Å²) in [6, 6.07) is 12.5. The molecule has 0 aliphatic carbocycles. The highest BCUT2D eigenvalue weighted by Crippen LogP contribution is 2.40. The zero-order valence-electron chi connectivity index (χ0n) is 8.92. The van der Waals surface area contributed by atoms with Gasteiger partial charge in [0.15, 0.2) is 0 Å². The average molecular weight is 227 g/mol. The maximum absolute atomic E-state index is 10.9. The summed E-state index contributed by atoms with van der Waals surface area (Å²) in [4.78, 5) is 10.6. The minimum absolute atomic E-state index is 0.122. The van der Waals surface area contributed by atoms with Gasteiger partial charge in [-0.05, 0) is 17.7 Å². The molecule has 4 heteroatoms. The lowest BCUT2D eigenvalue weighted by Crippen LogP contribution is -2.05. The zero-order valence-corrected chi connectivity index (χ0v) is 8.92. The fourth-order valence-corrected chi connectivity index (χ4v) is 2.06. The molecule has 0 amide bonds. The first-order valence-corrected chi connectivity index (χ1v) is 5.28. The summed E-state index contributed by atoms with van der Waals surface area (Å²) < 4.78 is 5.66. The molecule has 2 aromatic carbocycles. The zero-order chi connectivity index (χ0) is 11.8. The Hall–Kier alpha value is -2.36. The lowest BCUT2D eigenvalue weighted by Gasteiger charge is -2.19. The number of para-hydroxylation sites is 1. The summed E-state index contributed by atoms with van der Waals surface area (Å²) in [5, 5.41) is 10.9. The van der Waals surface area contributed by atoms with Gasteiger partial charge in [-0.1, -0.05) is 24.3 Å². The van der Waals surface area contributed by atoms with E-state index in [9.17, 15) is 10.1 Å². The van der Waals surface area contributed by atoms with Gasteiger partial charge < -0.3 is 4.74 Å². The van der Waals surface area contributed by atoms with Gasteiger partial charge in [-0.3, -0.25) is 10.1 Å². The monoisotopic (exact) mass is 227 g/mol. The summed E-state index contributed by atoms with van der Waals surface area (Å²) in [7, 11) is 0. The van der Waals surface area contributed by atoms with Gasteiger partial charge >= 0.3 is 0 Å². The van der Waals surface area contributed by atoms with Crippen molar-refractivity contribution in [3.05, 3.63) is 63.7 Å². The third kappa shape index (κ3) is 1.54. The Morgan fingerprint density at radius 3 is 2.65 bits per heavy atom. The Labute approximate surface area is 97.6 Å². The van der Waals surface area contributed by atoms with Gasteiger partial charge in [0.05, 0.1) is 10.5 Å². The molecule has 0 radical (unpaired) electrons. The number of ether oxygens (including phenoxy) is 1. The van der Waals surface area contributed by atoms with Crippen LogP contribution in [0.5, 0.6) is 11.5 Å². The number of fused-ring (bicyclic) bond motifs is 2. The number of nitro benzene ring substituents is 1. The molecule has 84 valence electrons. The highest BCUT2D eigenvalue weighted by atomic mass is 16.6. The number of hydrogen-bond acceptors (Lipinski definition) is 3. The molecule has 3 rings (SSSR count). The molecule has 1 aliphatic rings. The first-order chi connectivity index (χ1) is 8.25. The highest BCUT2D eigenvalue weighted by Gasteiger charge is 2.24. The lowest BCUT2D eigenvalue weighted by atomic mass is 9.99. The Kier molecular flexibility index (Phi) is 2.08. The molecule has 1 aliphatic heterocycles.